The molecule has 1 saturated heterocycles. The highest BCUT2D eigenvalue weighted by atomic mass is 19.1. The molecule has 1 aromatic heterocycles. The van der Waals surface area contributed by atoms with Crippen LogP contribution in [0.1, 0.15) is 56.2 Å². The Morgan fingerprint density at radius 1 is 1.23 bits per heavy atom. The summed E-state index contributed by atoms with van der Waals surface area (Å²) in [5.41, 5.74) is 0.913. The van der Waals surface area contributed by atoms with Crippen molar-refractivity contribution in [2.45, 2.75) is 63.1 Å². The molecule has 31 heavy (non-hydrogen) atoms. The Morgan fingerprint density at radius 3 is 2.52 bits per heavy atom. The summed E-state index contributed by atoms with van der Waals surface area (Å²) < 4.78 is 13.8. The van der Waals surface area contributed by atoms with Crippen molar-refractivity contribution in [3.8, 4) is 0 Å². The van der Waals surface area contributed by atoms with Gasteiger partial charge in [-0.1, -0.05) is 12.1 Å². The molecule has 0 bridgehead atoms. The van der Waals surface area contributed by atoms with Crippen molar-refractivity contribution < 1.29 is 14.3 Å². The SMILES string of the molecule is CNC1(c2cccc(F)c2)CCC2(CC1)CN(c1ncc(C(C)(C)O)cc1C)C(=O)N2. The zero-order chi connectivity index (χ0) is 22.4. The van der Waals surface area contributed by atoms with Crippen LogP contribution in [0.4, 0.5) is 15.0 Å². The van der Waals surface area contributed by atoms with E-state index < -0.39 is 5.60 Å². The average Bonchev–Trinajstić information content (AvgIpc) is 3.04. The molecule has 2 heterocycles. The third kappa shape index (κ3) is 3.92. The fourth-order valence-corrected chi connectivity index (χ4v) is 4.97. The predicted octanol–water partition coefficient (Wildman–Crippen LogP) is 3.71. The van der Waals surface area contributed by atoms with Crippen LogP contribution in [0.5, 0.6) is 0 Å². The molecule has 1 aliphatic carbocycles. The van der Waals surface area contributed by atoms with Crippen LogP contribution in [0, 0.1) is 12.7 Å². The number of pyridine rings is 1. The molecule has 1 spiro atoms. The van der Waals surface area contributed by atoms with Crippen LogP contribution in [-0.4, -0.2) is 35.3 Å². The number of urea groups is 1. The molecule has 1 saturated carbocycles. The summed E-state index contributed by atoms with van der Waals surface area (Å²) in [7, 11) is 1.92. The second kappa shape index (κ2) is 7.57. The van der Waals surface area contributed by atoms with Crippen LogP contribution < -0.4 is 15.5 Å². The van der Waals surface area contributed by atoms with Gasteiger partial charge in [0.25, 0.3) is 0 Å². The van der Waals surface area contributed by atoms with Crippen molar-refractivity contribution in [1.29, 1.82) is 0 Å². The smallest absolute Gasteiger partial charge is 0.323 e. The number of benzene rings is 1. The van der Waals surface area contributed by atoms with Gasteiger partial charge < -0.3 is 15.7 Å². The zero-order valence-corrected chi connectivity index (χ0v) is 18.6. The molecule has 0 radical (unpaired) electrons. The Bertz CT molecular complexity index is 993. The summed E-state index contributed by atoms with van der Waals surface area (Å²) in [5, 5.41) is 16.9. The number of anilines is 1. The van der Waals surface area contributed by atoms with Gasteiger partial charge in [-0.25, -0.2) is 14.2 Å². The average molecular weight is 427 g/mol. The first kappa shape index (κ1) is 21.7. The van der Waals surface area contributed by atoms with Crippen molar-refractivity contribution in [2.75, 3.05) is 18.5 Å². The van der Waals surface area contributed by atoms with Crippen LogP contribution >= 0.6 is 0 Å². The van der Waals surface area contributed by atoms with E-state index in [1.54, 1.807) is 37.1 Å². The number of hydrogen-bond donors (Lipinski definition) is 3. The minimum atomic E-state index is -0.985. The second-order valence-corrected chi connectivity index (χ2v) is 9.56. The van der Waals surface area contributed by atoms with Gasteiger partial charge in [0.15, 0.2) is 0 Å². The monoisotopic (exact) mass is 426 g/mol. The molecule has 1 aromatic carbocycles. The Morgan fingerprint density at radius 2 is 1.94 bits per heavy atom. The number of rotatable bonds is 4. The fraction of sp³-hybridized carbons (Fsp3) is 0.500. The van der Waals surface area contributed by atoms with Gasteiger partial charge in [0.05, 0.1) is 17.7 Å². The highest BCUT2D eigenvalue weighted by Gasteiger charge is 2.49. The molecule has 7 heteroatoms. The van der Waals surface area contributed by atoms with Crippen LogP contribution in [0.3, 0.4) is 0 Å². The molecule has 3 N–H and O–H groups in total. The summed E-state index contributed by atoms with van der Waals surface area (Å²) in [6.45, 7) is 5.89. The highest BCUT2D eigenvalue weighted by molar-refractivity contribution is 5.95. The molecule has 1 aliphatic heterocycles. The second-order valence-electron chi connectivity index (χ2n) is 9.56. The summed E-state index contributed by atoms with van der Waals surface area (Å²) in [4.78, 5) is 19.1. The maximum Gasteiger partial charge on any atom is 0.323 e. The third-order valence-electron chi connectivity index (χ3n) is 7.01. The molecular formula is C24H31FN4O2. The molecular weight excluding hydrogens is 395 g/mol. The molecule has 0 atom stereocenters. The number of halogens is 1. The van der Waals surface area contributed by atoms with Gasteiger partial charge in [0.1, 0.15) is 11.6 Å². The van der Waals surface area contributed by atoms with E-state index in [9.17, 15) is 14.3 Å². The topological polar surface area (TPSA) is 77.5 Å². The minimum Gasteiger partial charge on any atom is -0.386 e. The molecule has 4 rings (SSSR count). The Labute approximate surface area is 182 Å². The summed E-state index contributed by atoms with van der Waals surface area (Å²) in [6.07, 6.45) is 4.80. The molecule has 2 aromatic rings. The van der Waals surface area contributed by atoms with Crippen LogP contribution in [0.25, 0.3) is 0 Å². The van der Waals surface area contributed by atoms with Crippen molar-refractivity contribution >= 4 is 11.8 Å². The van der Waals surface area contributed by atoms with Crippen LogP contribution in [0.15, 0.2) is 36.5 Å². The van der Waals surface area contributed by atoms with Crippen LogP contribution in [-0.2, 0) is 11.1 Å². The number of aromatic nitrogens is 1. The highest BCUT2D eigenvalue weighted by Crippen LogP contribution is 2.44. The van der Waals surface area contributed by atoms with E-state index in [4.69, 9.17) is 0 Å². The maximum absolute atomic E-state index is 13.8. The van der Waals surface area contributed by atoms with E-state index in [1.165, 1.54) is 6.07 Å². The largest absolute Gasteiger partial charge is 0.386 e. The molecule has 6 nitrogen and oxygen atoms in total. The van der Waals surface area contributed by atoms with E-state index in [0.717, 1.165) is 42.4 Å². The normalized spacial score (nSPS) is 26.4. The molecule has 166 valence electrons. The zero-order valence-electron chi connectivity index (χ0n) is 18.6. The minimum absolute atomic E-state index is 0.144. The lowest BCUT2D eigenvalue weighted by molar-refractivity contribution is 0.0782. The lowest BCUT2D eigenvalue weighted by atomic mass is 9.69. The lowest BCUT2D eigenvalue weighted by Crippen LogP contribution is -2.53. The van der Waals surface area contributed by atoms with Gasteiger partial charge >= 0.3 is 6.03 Å². The summed E-state index contributed by atoms with van der Waals surface area (Å²) in [6, 6.07) is 8.52. The number of nitrogens with zero attached hydrogens (tertiary/aromatic N) is 2. The number of carbonyl (C=O) groups excluding carboxylic acids is 1. The maximum atomic E-state index is 13.8. The first-order valence-corrected chi connectivity index (χ1v) is 10.8. The summed E-state index contributed by atoms with van der Waals surface area (Å²) >= 11 is 0. The van der Waals surface area contributed by atoms with E-state index in [1.807, 2.05) is 26.1 Å². The molecule has 2 amide bonds. The van der Waals surface area contributed by atoms with Gasteiger partial charge in [-0.3, -0.25) is 4.90 Å². The number of aliphatic hydroxyl groups is 1. The first-order valence-electron chi connectivity index (χ1n) is 10.8. The summed E-state index contributed by atoms with van der Waals surface area (Å²) in [5.74, 6) is 0.391. The Kier molecular flexibility index (Phi) is 5.30. The third-order valence-corrected chi connectivity index (χ3v) is 7.01. The van der Waals surface area contributed by atoms with Crippen molar-refractivity contribution in [2.24, 2.45) is 0 Å². The number of amides is 2. The Hall–Kier alpha value is -2.51. The van der Waals surface area contributed by atoms with E-state index in [0.29, 0.717) is 12.4 Å². The number of nitrogens with one attached hydrogen (secondary N) is 2. The van der Waals surface area contributed by atoms with Crippen molar-refractivity contribution in [3.05, 3.63) is 59.0 Å². The van der Waals surface area contributed by atoms with Gasteiger partial charge in [-0.05, 0) is 82.8 Å². The fourth-order valence-electron chi connectivity index (χ4n) is 4.97. The van der Waals surface area contributed by atoms with E-state index in [-0.39, 0.29) is 22.9 Å². The number of hydrogen-bond acceptors (Lipinski definition) is 4. The lowest BCUT2D eigenvalue weighted by Gasteiger charge is -2.45. The Balaban J connectivity index is 1.54. The quantitative estimate of drug-likeness (QED) is 0.697. The first-order chi connectivity index (χ1) is 14.6. The van der Waals surface area contributed by atoms with Gasteiger partial charge in [-0.2, -0.15) is 0 Å². The number of carbonyl (C=O) groups is 1. The molecule has 2 aliphatic rings. The van der Waals surface area contributed by atoms with E-state index >= 15 is 0 Å². The molecule has 2 fully saturated rings. The standard InChI is InChI=1S/C24H31FN4O2/c1-16-12-18(22(2,3)31)14-27-20(16)29-15-23(28-21(29)30)8-10-24(26-4,11-9-23)17-6-5-7-19(25)13-17/h5-7,12-14,26,31H,8-11,15H2,1-4H3,(H,28,30). The molecule has 0 unspecified atom stereocenters. The van der Waals surface area contributed by atoms with Crippen molar-refractivity contribution in [1.82, 2.24) is 15.6 Å². The van der Waals surface area contributed by atoms with Gasteiger partial charge in [0.2, 0.25) is 0 Å². The van der Waals surface area contributed by atoms with Gasteiger partial charge in [0, 0.05) is 17.3 Å². The van der Waals surface area contributed by atoms with E-state index in [2.05, 4.69) is 15.6 Å². The van der Waals surface area contributed by atoms with Crippen LogP contribution in [0.2, 0.25) is 0 Å². The van der Waals surface area contributed by atoms with Gasteiger partial charge in [-0.15, -0.1) is 0 Å². The predicted molar refractivity (Wildman–Crippen MR) is 118 cm³/mol. The number of aryl methyl sites for hydroxylation is 1. The van der Waals surface area contributed by atoms with Crippen molar-refractivity contribution in [3.63, 3.8) is 0 Å².